The van der Waals surface area contributed by atoms with E-state index >= 15 is 0 Å². The van der Waals surface area contributed by atoms with E-state index in [1.54, 1.807) is 19.1 Å². The Kier molecular flexibility index (Phi) is 4.42. The molecule has 0 saturated carbocycles. The quantitative estimate of drug-likeness (QED) is 0.849. The summed E-state index contributed by atoms with van der Waals surface area (Å²) in [4.78, 5) is 27.6. The van der Waals surface area contributed by atoms with Crippen LogP contribution in [0, 0.1) is 0 Å². The Morgan fingerprint density at radius 3 is 2.75 bits per heavy atom. The van der Waals surface area contributed by atoms with E-state index in [0.717, 1.165) is 0 Å². The van der Waals surface area contributed by atoms with E-state index in [1.165, 1.54) is 11.1 Å². The summed E-state index contributed by atoms with van der Waals surface area (Å²) in [7, 11) is 0. The highest BCUT2D eigenvalue weighted by atomic mass is 79.9. The van der Waals surface area contributed by atoms with Crippen LogP contribution in [0.5, 0.6) is 0 Å². The summed E-state index contributed by atoms with van der Waals surface area (Å²) in [5.41, 5.74) is 0.421. The molecule has 5 nitrogen and oxygen atoms in total. The highest BCUT2D eigenvalue weighted by Gasteiger charge is 2.16. The molecule has 0 aromatic carbocycles. The van der Waals surface area contributed by atoms with Crippen LogP contribution < -0.4 is 0 Å². The molecule has 1 amide bonds. The lowest BCUT2D eigenvalue weighted by Crippen LogP contribution is -2.35. The zero-order valence-electron chi connectivity index (χ0n) is 8.68. The second kappa shape index (κ2) is 5.60. The van der Waals surface area contributed by atoms with Crippen LogP contribution in [0.3, 0.4) is 0 Å². The topological polar surface area (TPSA) is 70.5 Å². The van der Waals surface area contributed by atoms with Crippen molar-refractivity contribution >= 4 is 27.8 Å². The predicted molar refractivity (Wildman–Crippen MR) is 61.2 cm³/mol. The fraction of sp³-hybridized carbons (Fsp3) is 0.300. The summed E-state index contributed by atoms with van der Waals surface area (Å²) in [6, 6.07) is 3.12. The van der Waals surface area contributed by atoms with Crippen LogP contribution in [0.25, 0.3) is 0 Å². The molecule has 1 aromatic rings. The Morgan fingerprint density at radius 1 is 1.56 bits per heavy atom. The van der Waals surface area contributed by atoms with Crippen LogP contribution in [0.15, 0.2) is 22.9 Å². The van der Waals surface area contributed by atoms with Gasteiger partial charge in [0.05, 0.1) is 0 Å². The van der Waals surface area contributed by atoms with Gasteiger partial charge in [0.2, 0.25) is 0 Å². The number of carboxylic acid groups (broad SMARTS) is 1. The number of aliphatic carboxylic acids is 1. The zero-order valence-corrected chi connectivity index (χ0v) is 10.3. The highest BCUT2D eigenvalue weighted by molar-refractivity contribution is 9.10. The number of hydrogen-bond acceptors (Lipinski definition) is 3. The van der Waals surface area contributed by atoms with Gasteiger partial charge in [-0.15, -0.1) is 0 Å². The molecule has 86 valence electrons. The lowest BCUT2D eigenvalue weighted by Gasteiger charge is -2.18. The van der Waals surface area contributed by atoms with E-state index in [9.17, 15) is 9.59 Å². The summed E-state index contributed by atoms with van der Waals surface area (Å²) >= 11 is 3.15. The van der Waals surface area contributed by atoms with E-state index in [2.05, 4.69) is 20.9 Å². The minimum atomic E-state index is -1.02. The Balaban J connectivity index is 2.86. The Hall–Kier alpha value is -1.43. The molecule has 0 saturated heterocycles. The molecule has 0 aliphatic rings. The third kappa shape index (κ3) is 3.30. The molecule has 0 fully saturated rings. The first-order valence-corrected chi connectivity index (χ1v) is 5.46. The van der Waals surface area contributed by atoms with E-state index in [-0.39, 0.29) is 12.5 Å². The number of nitrogens with zero attached hydrogens (tertiary/aromatic N) is 2. The third-order valence-corrected chi connectivity index (χ3v) is 2.40. The molecule has 1 aromatic heterocycles. The van der Waals surface area contributed by atoms with Gasteiger partial charge in [0.15, 0.2) is 0 Å². The van der Waals surface area contributed by atoms with Crippen molar-refractivity contribution in [2.24, 2.45) is 0 Å². The van der Waals surface area contributed by atoms with Gasteiger partial charge in [-0.2, -0.15) is 0 Å². The molecule has 0 bridgehead atoms. The number of likely N-dealkylation sites (N-methyl/N-ethyl adjacent to an activating group) is 1. The van der Waals surface area contributed by atoms with E-state index in [0.29, 0.717) is 16.7 Å². The van der Waals surface area contributed by atoms with Gasteiger partial charge >= 0.3 is 5.97 Å². The number of amides is 1. The number of pyridine rings is 1. The molecule has 1 rings (SSSR count). The van der Waals surface area contributed by atoms with Gasteiger partial charge < -0.3 is 10.0 Å². The van der Waals surface area contributed by atoms with Crippen LogP contribution >= 0.6 is 15.9 Å². The van der Waals surface area contributed by atoms with Crippen molar-refractivity contribution in [2.45, 2.75) is 6.92 Å². The number of carbonyl (C=O) groups excluding carboxylic acids is 1. The number of hydrogen-bond donors (Lipinski definition) is 1. The van der Waals surface area contributed by atoms with Crippen LogP contribution in [0.4, 0.5) is 0 Å². The fourth-order valence-corrected chi connectivity index (χ4v) is 1.57. The van der Waals surface area contributed by atoms with E-state index in [4.69, 9.17) is 5.11 Å². The summed E-state index contributed by atoms with van der Waals surface area (Å²) in [5.74, 6) is -1.34. The minimum absolute atomic E-state index is 0.296. The van der Waals surface area contributed by atoms with Crippen molar-refractivity contribution in [1.82, 2.24) is 9.88 Å². The summed E-state index contributed by atoms with van der Waals surface area (Å²) in [5, 5.41) is 8.65. The highest BCUT2D eigenvalue weighted by Crippen LogP contribution is 2.10. The Morgan fingerprint density at radius 2 is 2.25 bits per heavy atom. The third-order valence-electron chi connectivity index (χ3n) is 1.97. The molecular formula is C10H11BrN2O3. The van der Waals surface area contributed by atoms with Gasteiger partial charge in [-0.25, -0.2) is 4.98 Å². The molecule has 6 heteroatoms. The molecular weight excluding hydrogens is 276 g/mol. The predicted octanol–water partition coefficient (Wildman–Crippen LogP) is 1.39. The number of halogens is 1. The standard InChI is InChI=1S/C10H11BrN2O3/c1-2-13(6-9(14)15)10(16)7-3-4-12-8(11)5-7/h3-5H,2,6H2,1H3,(H,14,15). The van der Waals surface area contributed by atoms with Crippen LogP contribution in [-0.4, -0.2) is 40.0 Å². The molecule has 0 aliphatic heterocycles. The van der Waals surface area contributed by atoms with E-state index < -0.39 is 5.97 Å². The summed E-state index contributed by atoms with van der Waals surface area (Å²) in [6.45, 7) is 1.79. The lowest BCUT2D eigenvalue weighted by atomic mass is 10.2. The summed E-state index contributed by atoms with van der Waals surface area (Å²) < 4.78 is 0.546. The van der Waals surface area contributed by atoms with Gasteiger partial charge in [-0.3, -0.25) is 9.59 Å². The van der Waals surface area contributed by atoms with Crippen molar-refractivity contribution in [3.63, 3.8) is 0 Å². The van der Waals surface area contributed by atoms with Gasteiger partial charge in [-0.1, -0.05) is 0 Å². The monoisotopic (exact) mass is 286 g/mol. The fourth-order valence-electron chi connectivity index (χ4n) is 1.21. The second-order valence-electron chi connectivity index (χ2n) is 3.08. The maximum atomic E-state index is 11.9. The number of aromatic nitrogens is 1. The first-order chi connectivity index (χ1) is 7.54. The largest absolute Gasteiger partial charge is 0.480 e. The Bertz CT molecular complexity index is 409. The van der Waals surface area contributed by atoms with Gasteiger partial charge in [0.25, 0.3) is 5.91 Å². The molecule has 1 N–H and O–H groups in total. The maximum absolute atomic E-state index is 11.9. The number of carboxylic acids is 1. The van der Waals surface area contributed by atoms with E-state index in [1.807, 2.05) is 0 Å². The molecule has 0 unspecified atom stereocenters. The number of rotatable bonds is 4. The van der Waals surface area contributed by atoms with Gasteiger partial charge in [-0.05, 0) is 35.0 Å². The normalized spacial score (nSPS) is 9.88. The molecule has 0 atom stereocenters. The average Bonchev–Trinajstić information content (AvgIpc) is 2.24. The lowest BCUT2D eigenvalue weighted by molar-refractivity contribution is -0.137. The molecule has 1 heterocycles. The smallest absolute Gasteiger partial charge is 0.323 e. The summed E-state index contributed by atoms with van der Waals surface area (Å²) in [6.07, 6.45) is 1.49. The second-order valence-corrected chi connectivity index (χ2v) is 3.89. The molecule has 0 spiro atoms. The van der Waals surface area contributed by atoms with Crippen molar-refractivity contribution in [1.29, 1.82) is 0 Å². The zero-order chi connectivity index (χ0) is 12.1. The van der Waals surface area contributed by atoms with Crippen molar-refractivity contribution in [3.8, 4) is 0 Å². The molecule has 0 aliphatic carbocycles. The van der Waals surface area contributed by atoms with Crippen LogP contribution in [-0.2, 0) is 4.79 Å². The number of carbonyl (C=O) groups is 2. The van der Waals surface area contributed by atoms with Crippen molar-refractivity contribution in [2.75, 3.05) is 13.1 Å². The first kappa shape index (κ1) is 12.6. The first-order valence-electron chi connectivity index (χ1n) is 4.67. The molecule has 16 heavy (non-hydrogen) atoms. The molecule has 0 radical (unpaired) electrons. The van der Waals surface area contributed by atoms with Crippen LogP contribution in [0.2, 0.25) is 0 Å². The van der Waals surface area contributed by atoms with Gasteiger partial charge in [0, 0.05) is 18.3 Å². The van der Waals surface area contributed by atoms with Crippen LogP contribution in [0.1, 0.15) is 17.3 Å². The Labute approximate surface area is 101 Å². The minimum Gasteiger partial charge on any atom is -0.480 e. The van der Waals surface area contributed by atoms with Crippen molar-refractivity contribution in [3.05, 3.63) is 28.5 Å². The average molecular weight is 287 g/mol. The van der Waals surface area contributed by atoms with Gasteiger partial charge in [0.1, 0.15) is 11.1 Å². The van der Waals surface area contributed by atoms with Crippen molar-refractivity contribution < 1.29 is 14.7 Å². The SMILES string of the molecule is CCN(CC(=O)O)C(=O)c1ccnc(Br)c1. The maximum Gasteiger partial charge on any atom is 0.323 e.